The van der Waals surface area contributed by atoms with E-state index in [2.05, 4.69) is 6.58 Å². The molecule has 2 rings (SSSR count). The molecule has 0 aliphatic carbocycles. The lowest BCUT2D eigenvalue weighted by molar-refractivity contribution is 0.0654. The molecule has 0 saturated carbocycles. The van der Waals surface area contributed by atoms with E-state index in [1.165, 1.54) is 0 Å². The SMILES string of the molecule is C=C(C)C(ON)c1cc2ccccc2cc1C(=O)O. The van der Waals surface area contributed by atoms with Gasteiger partial charge in [-0.15, -0.1) is 0 Å². The van der Waals surface area contributed by atoms with E-state index in [-0.39, 0.29) is 5.56 Å². The topological polar surface area (TPSA) is 72.5 Å². The van der Waals surface area contributed by atoms with Crippen LogP contribution in [0.25, 0.3) is 10.8 Å². The Morgan fingerprint density at radius 1 is 1.32 bits per heavy atom. The number of carboxylic acids is 1. The van der Waals surface area contributed by atoms with Gasteiger partial charge in [-0.2, -0.15) is 0 Å². The fourth-order valence-corrected chi connectivity index (χ4v) is 2.11. The van der Waals surface area contributed by atoms with Crippen LogP contribution in [-0.2, 0) is 4.84 Å². The first-order valence-corrected chi connectivity index (χ1v) is 5.81. The molecule has 0 saturated heterocycles. The first-order valence-electron chi connectivity index (χ1n) is 5.81. The third kappa shape index (κ3) is 2.50. The van der Waals surface area contributed by atoms with Crippen LogP contribution in [0, 0.1) is 0 Å². The molecule has 4 heteroatoms. The summed E-state index contributed by atoms with van der Waals surface area (Å²) in [6.07, 6.45) is -0.629. The van der Waals surface area contributed by atoms with Gasteiger partial charge in [-0.25, -0.2) is 10.7 Å². The molecule has 2 aromatic carbocycles. The van der Waals surface area contributed by atoms with Gasteiger partial charge in [0.05, 0.1) is 5.56 Å². The maximum atomic E-state index is 11.4. The maximum Gasteiger partial charge on any atom is 0.336 e. The highest BCUT2D eigenvalue weighted by molar-refractivity contribution is 5.96. The lowest BCUT2D eigenvalue weighted by atomic mass is 9.94. The van der Waals surface area contributed by atoms with Crippen LogP contribution in [0.15, 0.2) is 48.6 Å². The standard InChI is InChI=1S/C15H15NO3/c1-9(2)14(19-16)12-7-10-5-3-4-6-11(10)8-13(12)15(17)18/h3-8,14H,1,16H2,2H3,(H,17,18). The Labute approximate surface area is 111 Å². The smallest absolute Gasteiger partial charge is 0.336 e. The van der Waals surface area contributed by atoms with Crippen LogP contribution in [0.4, 0.5) is 0 Å². The average Bonchev–Trinajstić information content (AvgIpc) is 2.38. The number of nitrogens with two attached hydrogens (primary N) is 1. The number of carboxylic acid groups (broad SMARTS) is 1. The lowest BCUT2D eigenvalue weighted by Gasteiger charge is -2.18. The number of carbonyl (C=O) groups is 1. The quantitative estimate of drug-likeness (QED) is 0.652. The van der Waals surface area contributed by atoms with Crippen LogP contribution in [0.1, 0.15) is 28.9 Å². The second-order valence-electron chi connectivity index (χ2n) is 4.45. The minimum absolute atomic E-state index is 0.178. The fourth-order valence-electron chi connectivity index (χ4n) is 2.11. The molecule has 0 aliphatic heterocycles. The zero-order valence-electron chi connectivity index (χ0n) is 10.6. The monoisotopic (exact) mass is 257 g/mol. The number of fused-ring (bicyclic) bond motifs is 1. The third-order valence-corrected chi connectivity index (χ3v) is 3.01. The summed E-state index contributed by atoms with van der Waals surface area (Å²) < 4.78 is 0. The second kappa shape index (κ2) is 5.22. The van der Waals surface area contributed by atoms with E-state index in [9.17, 15) is 9.90 Å². The molecule has 0 aromatic heterocycles. The highest BCUT2D eigenvalue weighted by Gasteiger charge is 2.20. The minimum Gasteiger partial charge on any atom is -0.478 e. The van der Waals surface area contributed by atoms with Crippen molar-refractivity contribution in [3.05, 3.63) is 59.7 Å². The highest BCUT2D eigenvalue weighted by Crippen LogP contribution is 2.30. The average molecular weight is 257 g/mol. The molecule has 0 spiro atoms. The van der Waals surface area contributed by atoms with E-state index in [0.29, 0.717) is 11.1 Å². The summed E-state index contributed by atoms with van der Waals surface area (Å²) in [5.74, 6) is 4.25. The van der Waals surface area contributed by atoms with Crippen LogP contribution >= 0.6 is 0 Å². The zero-order chi connectivity index (χ0) is 14.0. The maximum absolute atomic E-state index is 11.4. The van der Waals surface area contributed by atoms with E-state index < -0.39 is 12.1 Å². The van der Waals surface area contributed by atoms with Crippen molar-refractivity contribution in [2.75, 3.05) is 0 Å². The van der Waals surface area contributed by atoms with Crippen molar-refractivity contribution in [3.63, 3.8) is 0 Å². The minimum atomic E-state index is -1.01. The predicted molar refractivity (Wildman–Crippen MR) is 73.7 cm³/mol. The summed E-state index contributed by atoms with van der Waals surface area (Å²) in [4.78, 5) is 16.3. The molecule has 0 amide bonds. The van der Waals surface area contributed by atoms with Crippen molar-refractivity contribution in [2.24, 2.45) is 5.90 Å². The van der Waals surface area contributed by atoms with Crippen LogP contribution in [0.5, 0.6) is 0 Å². The number of benzene rings is 2. The Morgan fingerprint density at radius 3 is 2.37 bits per heavy atom. The van der Waals surface area contributed by atoms with E-state index in [1.807, 2.05) is 24.3 Å². The Hall–Kier alpha value is -2.17. The summed E-state index contributed by atoms with van der Waals surface area (Å²) in [5.41, 5.74) is 1.35. The molecule has 2 aromatic rings. The van der Waals surface area contributed by atoms with Crippen molar-refractivity contribution in [3.8, 4) is 0 Å². The fraction of sp³-hybridized carbons (Fsp3) is 0.133. The molecular weight excluding hydrogens is 242 g/mol. The van der Waals surface area contributed by atoms with Crippen molar-refractivity contribution in [1.82, 2.24) is 0 Å². The summed E-state index contributed by atoms with van der Waals surface area (Å²) >= 11 is 0. The molecule has 0 fully saturated rings. The lowest BCUT2D eigenvalue weighted by Crippen LogP contribution is -2.14. The molecule has 1 atom stereocenters. The molecule has 0 heterocycles. The molecule has 4 nitrogen and oxygen atoms in total. The molecule has 0 aliphatic rings. The first-order chi connectivity index (χ1) is 9.04. The molecule has 98 valence electrons. The predicted octanol–water partition coefficient (Wildman–Crippen LogP) is 3.05. The van der Waals surface area contributed by atoms with Gasteiger partial charge >= 0.3 is 5.97 Å². The Kier molecular flexibility index (Phi) is 3.64. The Morgan fingerprint density at radius 2 is 1.89 bits per heavy atom. The molecular formula is C15H15NO3. The van der Waals surface area contributed by atoms with Crippen molar-refractivity contribution in [2.45, 2.75) is 13.0 Å². The molecule has 3 N–H and O–H groups in total. The van der Waals surface area contributed by atoms with Gasteiger partial charge in [-0.05, 0) is 35.4 Å². The number of rotatable bonds is 4. The summed E-state index contributed by atoms with van der Waals surface area (Å²) in [6.45, 7) is 5.53. The van der Waals surface area contributed by atoms with Crippen molar-refractivity contribution in [1.29, 1.82) is 0 Å². The van der Waals surface area contributed by atoms with Gasteiger partial charge in [0.2, 0.25) is 0 Å². The van der Waals surface area contributed by atoms with Gasteiger partial charge in [0.25, 0.3) is 0 Å². The van der Waals surface area contributed by atoms with Gasteiger partial charge in [-0.1, -0.05) is 30.8 Å². The normalized spacial score (nSPS) is 12.3. The largest absolute Gasteiger partial charge is 0.478 e. The van der Waals surface area contributed by atoms with Gasteiger partial charge in [0.1, 0.15) is 6.10 Å². The molecule has 0 bridgehead atoms. The molecule has 1 unspecified atom stereocenters. The number of aromatic carboxylic acids is 1. The van der Waals surface area contributed by atoms with Crippen LogP contribution in [0.3, 0.4) is 0 Å². The van der Waals surface area contributed by atoms with E-state index in [4.69, 9.17) is 10.7 Å². The van der Waals surface area contributed by atoms with Crippen LogP contribution in [-0.4, -0.2) is 11.1 Å². The van der Waals surface area contributed by atoms with E-state index in [0.717, 1.165) is 10.8 Å². The summed E-state index contributed by atoms with van der Waals surface area (Å²) in [6, 6.07) is 10.9. The second-order valence-corrected chi connectivity index (χ2v) is 4.45. The number of hydrogen-bond donors (Lipinski definition) is 2. The highest BCUT2D eigenvalue weighted by atomic mass is 16.6. The number of hydrogen-bond acceptors (Lipinski definition) is 3. The van der Waals surface area contributed by atoms with Crippen molar-refractivity contribution < 1.29 is 14.7 Å². The van der Waals surface area contributed by atoms with E-state index in [1.54, 1.807) is 19.1 Å². The zero-order valence-corrected chi connectivity index (χ0v) is 10.6. The third-order valence-electron chi connectivity index (χ3n) is 3.01. The molecule has 0 radical (unpaired) electrons. The van der Waals surface area contributed by atoms with Gasteiger partial charge in [-0.3, -0.25) is 4.84 Å². The van der Waals surface area contributed by atoms with Crippen LogP contribution < -0.4 is 5.90 Å². The Balaban J connectivity index is 2.72. The first kappa shape index (κ1) is 13.3. The van der Waals surface area contributed by atoms with E-state index >= 15 is 0 Å². The summed E-state index contributed by atoms with van der Waals surface area (Å²) in [5, 5.41) is 11.1. The molecule has 19 heavy (non-hydrogen) atoms. The Bertz CT molecular complexity index is 649. The van der Waals surface area contributed by atoms with Gasteiger partial charge < -0.3 is 5.11 Å². The summed E-state index contributed by atoms with van der Waals surface area (Å²) in [7, 11) is 0. The van der Waals surface area contributed by atoms with Crippen molar-refractivity contribution >= 4 is 16.7 Å². The van der Waals surface area contributed by atoms with Crippen LogP contribution in [0.2, 0.25) is 0 Å². The van der Waals surface area contributed by atoms with Gasteiger partial charge in [0, 0.05) is 5.56 Å². The van der Waals surface area contributed by atoms with Gasteiger partial charge in [0.15, 0.2) is 0 Å².